The van der Waals surface area contributed by atoms with Crippen molar-refractivity contribution in [1.82, 2.24) is 20.9 Å². The third kappa shape index (κ3) is 12.3. The van der Waals surface area contributed by atoms with Crippen molar-refractivity contribution < 1.29 is 33.8 Å². The highest BCUT2D eigenvalue weighted by Crippen LogP contribution is 2.20. The Hall–Kier alpha value is -5.68. The third-order valence-corrected chi connectivity index (χ3v) is 8.27. The summed E-state index contributed by atoms with van der Waals surface area (Å²) in [6.45, 7) is 7.01. The lowest BCUT2D eigenvalue weighted by molar-refractivity contribution is -0.147. The summed E-state index contributed by atoms with van der Waals surface area (Å²) in [6.07, 6.45) is 5.02. The molecule has 0 radical (unpaired) electrons. The normalized spacial score (nSPS) is 13.2. The summed E-state index contributed by atoms with van der Waals surface area (Å²) in [5.41, 5.74) is 3.55. The number of H-pyrrole nitrogens is 1. The van der Waals surface area contributed by atoms with Crippen molar-refractivity contribution in [3.63, 3.8) is 0 Å². The minimum absolute atomic E-state index is 0.0266. The lowest BCUT2D eigenvalue weighted by atomic mass is 9.97. The van der Waals surface area contributed by atoms with Crippen molar-refractivity contribution in [1.29, 1.82) is 0 Å². The lowest BCUT2D eigenvalue weighted by Gasteiger charge is -2.24. The molecule has 0 aliphatic rings. The number of rotatable bonds is 20. The second-order valence-corrected chi connectivity index (χ2v) is 12.2. The fourth-order valence-electron chi connectivity index (χ4n) is 5.66. The van der Waals surface area contributed by atoms with Gasteiger partial charge in [0.15, 0.2) is 0 Å². The van der Waals surface area contributed by atoms with Crippen molar-refractivity contribution in [2.24, 2.45) is 5.92 Å². The molecule has 0 aliphatic carbocycles. The molecular formula is C40H46N4O7. The number of esters is 1. The molecule has 0 spiro atoms. The minimum Gasteiger partial charge on any atom is -0.462 e. The highest BCUT2D eigenvalue weighted by Gasteiger charge is 2.28. The van der Waals surface area contributed by atoms with Crippen LogP contribution in [0.2, 0.25) is 0 Å². The number of carbonyl (C=O) groups excluding carboxylic acids is 4. The summed E-state index contributed by atoms with van der Waals surface area (Å²) >= 11 is 0. The second-order valence-electron chi connectivity index (χ2n) is 12.2. The van der Waals surface area contributed by atoms with Crippen LogP contribution in [0.5, 0.6) is 0 Å². The van der Waals surface area contributed by atoms with Crippen molar-refractivity contribution >= 4 is 34.8 Å². The van der Waals surface area contributed by atoms with Gasteiger partial charge in [0.05, 0.1) is 24.6 Å². The van der Waals surface area contributed by atoms with Crippen molar-refractivity contribution in [2.75, 3.05) is 13.2 Å². The maximum Gasteiger partial charge on any atom is 0.408 e. The zero-order valence-corrected chi connectivity index (χ0v) is 28.6. The van der Waals surface area contributed by atoms with E-state index in [1.807, 2.05) is 91.1 Å². The number of amides is 3. The van der Waals surface area contributed by atoms with E-state index < -0.39 is 42.0 Å². The van der Waals surface area contributed by atoms with Crippen LogP contribution in [-0.2, 0) is 43.3 Å². The number of hydrogen-bond donors (Lipinski definition) is 5. The van der Waals surface area contributed by atoms with Crippen molar-refractivity contribution in [3.8, 4) is 0 Å². The number of allylic oxidation sites excluding steroid dienone is 1. The van der Waals surface area contributed by atoms with Crippen LogP contribution in [0.3, 0.4) is 0 Å². The number of para-hydroxylation sites is 1. The second kappa shape index (κ2) is 20.1. The minimum atomic E-state index is -1.07. The first kappa shape index (κ1) is 38.1. The van der Waals surface area contributed by atoms with Crippen LogP contribution in [0.4, 0.5) is 4.79 Å². The maximum atomic E-state index is 13.7. The van der Waals surface area contributed by atoms with Crippen molar-refractivity contribution in [2.45, 2.75) is 56.8 Å². The molecule has 0 saturated heterocycles. The van der Waals surface area contributed by atoms with Gasteiger partial charge in [-0.25, -0.2) is 9.59 Å². The Kier molecular flexibility index (Phi) is 15.0. The molecule has 268 valence electrons. The molecule has 4 rings (SSSR count). The number of alkyl carbamates (subject to hydrolysis) is 1. The number of aromatic amines is 1. The molecule has 1 aromatic heterocycles. The summed E-state index contributed by atoms with van der Waals surface area (Å²) in [5, 5.41) is 19.2. The van der Waals surface area contributed by atoms with Crippen LogP contribution < -0.4 is 16.0 Å². The number of aromatic nitrogens is 1. The molecule has 51 heavy (non-hydrogen) atoms. The molecule has 0 unspecified atom stereocenters. The Morgan fingerprint density at radius 1 is 0.765 bits per heavy atom. The van der Waals surface area contributed by atoms with E-state index in [4.69, 9.17) is 9.47 Å². The molecule has 5 N–H and O–H groups in total. The topological polar surface area (TPSA) is 159 Å². The van der Waals surface area contributed by atoms with E-state index >= 15 is 0 Å². The summed E-state index contributed by atoms with van der Waals surface area (Å²) < 4.78 is 11.0. The molecule has 0 aliphatic heterocycles. The predicted octanol–water partition coefficient (Wildman–Crippen LogP) is 4.91. The fourth-order valence-corrected chi connectivity index (χ4v) is 5.66. The van der Waals surface area contributed by atoms with Gasteiger partial charge in [0, 0.05) is 23.5 Å². The SMILES string of the molecule is C=CC[C@H](CC(=O)N[C@H](CO)Cc1ccccc1)C(=O)N[C@H](COC(=O)[C@@H](CC=C)NC(=O)OCc1ccccc1)Cc1c[nH]c2ccccc12. The van der Waals surface area contributed by atoms with Gasteiger partial charge in [0.1, 0.15) is 19.3 Å². The molecule has 3 amide bonds. The quantitative estimate of drug-likeness (QED) is 0.0650. The number of carbonyl (C=O) groups is 4. The highest BCUT2D eigenvalue weighted by molar-refractivity contribution is 5.87. The summed E-state index contributed by atoms with van der Waals surface area (Å²) in [6, 6.07) is 24.1. The molecule has 3 aromatic carbocycles. The Balaban J connectivity index is 1.42. The summed E-state index contributed by atoms with van der Waals surface area (Å²) in [7, 11) is 0. The number of benzene rings is 3. The third-order valence-electron chi connectivity index (χ3n) is 8.27. The summed E-state index contributed by atoms with van der Waals surface area (Å²) in [5.74, 6) is -2.29. The van der Waals surface area contributed by atoms with Gasteiger partial charge < -0.3 is 35.5 Å². The smallest absolute Gasteiger partial charge is 0.408 e. The molecule has 0 saturated carbocycles. The van der Waals surface area contributed by atoms with E-state index in [0.29, 0.717) is 12.8 Å². The van der Waals surface area contributed by atoms with E-state index in [9.17, 15) is 24.3 Å². The molecule has 0 fully saturated rings. The van der Waals surface area contributed by atoms with Crippen molar-refractivity contribution in [3.05, 3.63) is 133 Å². The Morgan fingerprint density at radius 2 is 1.43 bits per heavy atom. The van der Waals surface area contributed by atoms with E-state index in [2.05, 4.69) is 34.1 Å². The first-order chi connectivity index (χ1) is 24.8. The number of hydrogen-bond acceptors (Lipinski definition) is 7. The van der Waals surface area contributed by atoms with E-state index in [-0.39, 0.29) is 45.0 Å². The van der Waals surface area contributed by atoms with Gasteiger partial charge in [-0.1, -0.05) is 91.0 Å². The number of fused-ring (bicyclic) bond motifs is 1. The zero-order chi connectivity index (χ0) is 36.4. The van der Waals surface area contributed by atoms with E-state index in [1.165, 1.54) is 6.08 Å². The van der Waals surface area contributed by atoms with Gasteiger partial charge in [-0.15, -0.1) is 13.2 Å². The largest absolute Gasteiger partial charge is 0.462 e. The standard InChI is InChI=1S/C40H46N4O7/c1-3-13-30(23-37(46)42-32(25-45)21-28-15-7-5-8-16-28)38(47)43-33(22-31-24-41-35-20-12-11-19-34(31)35)27-50-39(48)36(14-4-2)44-40(49)51-26-29-17-9-6-10-18-29/h3-12,15-20,24,30,32-33,36,41,45H,1-2,13-14,21-23,25-27H2,(H,42,46)(H,43,47)(H,44,49)/t30-,32+,33+,36-/m1/s1. The van der Waals surface area contributed by atoms with Gasteiger partial charge in [-0.3, -0.25) is 9.59 Å². The molecule has 11 nitrogen and oxygen atoms in total. The van der Waals surface area contributed by atoms with Gasteiger partial charge in [-0.05, 0) is 48.4 Å². The van der Waals surface area contributed by atoms with Crippen LogP contribution in [0, 0.1) is 5.92 Å². The van der Waals surface area contributed by atoms with Crippen LogP contribution in [-0.4, -0.2) is 65.3 Å². The maximum absolute atomic E-state index is 13.7. The molecule has 0 bridgehead atoms. The van der Waals surface area contributed by atoms with Gasteiger partial charge in [-0.2, -0.15) is 0 Å². The van der Waals surface area contributed by atoms with E-state index in [0.717, 1.165) is 27.6 Å². The average Bonchev–Trinajstić information content (AvgIpc) is 3.55. The zero-order valence-electron chi connectivity index (χ0n) is 28.6. The molecule has 1 heterocycles. The molecule has 11 heteroatoms. The average molecular weight is 695 g/mol. The monoisotopic (exact) mass is 694 g/mol. The van der Waals surface area contributed by atoms with Crippen LogP contribution in [0.1, 0.15) is 36.0 Å². The Labute approximate surface area is 298 Å². The first-order valence-corrected chi connectivity index (χ1v) is 16.9. The number of aliphatic hydroxyl groups is 1. The Bertz CT molecular complexity index is 1740. The van der Waals surface area contributed by atoms with Crippen LogP contribution in [0.25, 0.3) is 10.9 Å². The summed E-state index contributed by atoms with van der Waals surface area (Å²) in [4.78, 5) is 55.8. The van der Waals surface area contributed by atoms with Gasteiger partial charge in [0.25, 0.3) is 0 Å². The first-order valence-electron chi connectivity index (χ1n) is 16.9. The Morgan fingerprint density at radius 3 is 2.12 bits per heavy atom. The van der Waals surface area contributed by atoms with Gasteiger partial charge >= 0.3 is 12.1 Å². The number of nitrogens with one attached hydrogen (secondary N) is 4. The number of ether oxygens (including phenoxy) is 2. The highest BCUT2D eigenvalue weighted by atomic mass is 16.6. The lowest BCUT2D eigenvalue weighted by Crippen LogP contribution is -2.47. The number of aliphatic hydroxyl groups excluding tert-OH is 1. The molecular weight excluding hydrogens is 648 g/mol. The molecule has 4 atom stereocenters. The van der Waals surface area contributed by atoms with Crippen LogP contribution in [0.15, 0.2) is 116 Å². The van der Waals surface area contributed by atoms with Crippen LogP contribution >= 0.6 is 0 Å². The fraction of sp³-hybridized carbons (Fsp3) is 0.300. The van der Waals surface area contributed by atoms with Gasteiger partial charge in [0.2, 0.25) is 11.8 Å². The molecule has 4 aromatic rings. The predicted molar refractivity (Wildman–Crippen MR) is 195 cm³/mol. The van der Waals surface area contributed by atoms with E-state index in [1.54, 1.807) is 6.08 Å².